The summed E-state index contributed by atoms with van der Waals surface area (Å²) in [5.41, 5.74) is 1.14. The second-order valence-corrected chi connectivity index (χ2v) is 6.98. The highest BCUT2D eigenvalue weighted by Gasteiger charge is 2.34. The monoisotopic (exact) mass is 364 g/mol. The van der Waals surface area contributed by atoms with Crippen LogP contribution in [0.4, 0.5) is 0 Å². The fourth-order valence-electron chi connectivity index (χ4n) is 4.16. The van der Waals surface area contributed by atoms with Crippen LogP contribution in [0.1, 0.15) is 31.7 Å². The number of methoxy groups -OCH3 is 2. The van der Waals surface area contributed by atoms with Crippen molar-refractivity contribution in [2.24, 2.45) is 5.92 Å². The molecule has 3 atom stereocenters. The van der Waals surface area contributed by atoms with Crippen molar-refractivity contribution in [2.75, 3.05) is 40.6 Å². The molecular formula is C20H32N2O4. The van der Waals surface area contributed by atoms with Crippen LogP contribution in [0.3, 0.4) is 0 Å². The molecule has 2 fully saturated rings. The van der Waals surface area contributed by atoms with Crippen molar-refractivity contribution in [3.05, 3.63) is 17.7 Å². The Kier molecular flexibility index (Phi) is 7.00. The maximum Gasteiger partial charge on any atom is 0.203 e. The van der Waals surface area contributed by atoms with E-state index in [0.717, 1.165) is 31.9 Å². The zero-order valence-corrected chi connectivity index (χ0v) is 16.2. The predicted molar refractivity (Wildman–Crippen MR) is 101 cm³/mol. The van der Waals surface area contributed by atoms with Crippen LogP contribution in [-0.4, -0.2) is 52.7 Å². The molecule has 1 aliphatic carbocycles. The number of hydrogen-bond acceptors (Lipinski definition) is 6. The first-order valence-electron chi connectivity index (χ1n) is 9.69. The third kappa shape index (κ3) is 4.42. The molecule has 2 N–H and O–H groups in total. The van der Waals surface area contributed by atoms with E-state index in [-0.39, 0.29) is 0 Å². The molecule has 0 amide bonds. The van der Waals surface area contributed by atoms with Crippen molar-refractivity contribution in [1.29, 1.82) is 0 Å². The Balaban J connectivity index is 1.66. The summed E-state index contributed by atoms with van der Waals surface area (Å²) in [7, 11) is 3.33. The van der Waals surface area contributed by atoms with Crippen molar-refractivity contribution < 1.29 is 18.9 Å². The lowest BCUT2D eigenvalue weighted by atomic mass is 9.94. The number of nitrogens with one attached hydrogen (secondary N) is 2. The number of benzene rings is 1. The van der Waals surface area contributed by atoms with Crippen molar-refractivity contribution in [1.82, 2.24) is 10.6 Å². The molecule has 0 spiro atoms. The normalized spacial score (nSPS) is 25.9. The van der Waals surface area contributed by atoms with Gasteiger partial charge in [0.25, 0.3) is 0 Å². The molecular weight excluding hydrogens is 332 g/mol. The van der Waals surface area contributed by atoms with Gasteiger partial charge in [0.2, 0.25) is 5.75 Å². The maximum absolute atomic E-state index is 5.69. The SMILES string of the molecule is CCOc1c(OC)cc(CNC2CCCC2C2COCCN2)cc1OC. The van der Waals surface area contributed by atoms with Gasteiger partial charge in [-0.25, -0.2) is 0 Å². The molecule has 1 aliphatic heterocycles. The zero-order valence-electron chi connectivity index (χ0n) is 16.2. The van der Waals surface area contributed by atoms with E-state index >= 15 is 0 Å². The number of ether oxygens (including phenoxy) is 4. The Bertz CT molecular complexity index is 550. The molecule has 2 aliphatic rings. The summed E-state index contributed by atoms with van der Waals surface area (Å²) >= 11 is 0. The smallest absolute Gasteiger partial charge is 0.203 e. The second kappa shape index (κ2) is 9.44. The lowest BCUT2D eigenvalue weighted by Gasteiger charge is -2.33. The van der Waals surface area contributed by atoms with Crippen molar-refractivity contribution >= 4 is 0 Å². The minimum atomic E-state index is 0.466. The van der Waals surface area contributed by atoms with Crippen molar-refractivity contribution in [3.63, 3.8) is 0 Å². The largest absolute Gasteiger partial charge is 0.493 e. The van der Waals surface area contributed by atoms with Gasteiger partial charge in [-0.3, -0.25) is 0 Å². The number of rotatable bonds is 8. The first-order chi connectivity index (χ1) is 12.8. The lowest BCUT2D eigenvalue weighted by Crippen LogP contribution is -2.50. The van der Waals surface area contributed by atoms with E-state index in [1.54, 1.807) is 14.2 Å². The Hall–Kier alpha value is -1.50. The number of morpholine rings is 1. The molecule has 1 saturated carbocycles. The first-order valence-corrected chi connectivity index (χ1v) is 9.69. The van der Waals surface area contributed by atoms with Crippen LogP contribution >= 0.6 is 0 Å². The Morgan fingerprint density at radius 2 is 1.96 bits per heavy atom. The Morgan fingerprint density at radius 3 is 2.58 bits per heavy atom. The van der Waals surface area contributed by atoms with Crippen LogP contribution in [-0.2, 0) is 11.3 Å². The van der Waals surface area contributed by atoms with Crippen LogP contribution < -0.4 is 24.8 Å². The molecule has 3 rings (SSSR count). The maximum atomic E-state index is 5.69. The molecule has 1 saturated heterocycles. The molecule has 26 heavy (non-hydrogen) atoms. The van der Waals surface area contributed by atoms with Gasteiger partial charge >= 0.3 is 0 Å². The molecule has 146 valence electrons. The van der Waals surface area contributed by atoms with Gasteiger partial charge in [0.1, 0.15) is 0 Å². The van der Waals surface area contributed by atoms with Gasteiger partial charge in [-0.1, -0.05) is 6.42 Å². The molecule has 3 unspecified atom stereocenters. The Morgan fingerprint density at radius 1 is 1.19 bits per heavy atom. The van der Waals surface area contributed by atoms with E-state index in [2.05, 4.69) is 10.6 Å². The van der Waals surface area contributed by atoms with Gasteiger partial charge in [0.05, 0.1) is 34.0 Å². The lowest BCUT2D eigenvalue weighted by molar-refractivity contribution is 0.0524. The minimum absolute atomic E-state index is 0.466. The summed E-state index contributed by atoms with van der Waals surface area (Å²) in [6.07, 6.45) is 3.75. The minimum Gasteiger partial charge on any atom is -0.493 e. The molecule has 1 aromatic carbocycles. The van der Waals surface area contributed by atoms with E-state index in [1.807, 2.05) is 19.1 Å². The molecule has 0 aromatic heterocycles. The standard InChI is InChI=1S/C20H32N2O4/c1-4-26-20-18(23-2)10-14(11-19(20)24-3)12-22-16-7-5-6-15(16)17-13-25-9-8-21-17/h10-11,15-17,21-22H,4-9,12-13H2,1-3H3. The highest BCUT2D eigenvalue weighted by atomic mass is 16.5. The average Bonchev–Trinajstić information content (AvgIpc) is 3.16. The molecule has 0 bridgehead atoms. The highest BCUT2D eigenvalue weighted by Crippen LogP contribution is 2.39. The summed E-state index contributed by atoms with van der Waals surface area (Å²) in [5.74, 6) is 2.73. The molecule has 0 radical (unpaired) electrons. The van der Waals surface area contributed by atoms with Gasteiger partial charge in [-0.2, -0.15) is 0 Å². The van der Waals surface area contributed by atoms with Crippen molar-refractivity contribution in [3.8, 4) is 17.2 Å². The van der Waals surface area contributed by atoms with Gasteiger partial charge in [0, 0.05) is 25.2 Å². The van der Waals surface area contributed by atoms with Gasteiger partial charge in [-0.15, -0.1) is 0 Å². The van der Waals surface area contributed by atoms with Gasteiger partial charge in [-0.05, 0) is 43.4 Å². The fourth-order valence-corrected chi connectivity index (χ4v) is 4.16. The van der Waals surface area contributed by atoms with Gasteiger partial charge in [0.15, 0.2) is 11.5 Å². The summed E-state index contributed by atoms with van der Waals surface area (Å²) < 4.78 is 22.4. The van der Waals surface area contributed by atoms with Crippen LogP contribution in [0.5, 0.6) is 17.2 Å². The van der Waals surface area contributed by atoms with Crippen LogP contribution in [0.15, 0.2) is 12.1 Å². The first kappa shape index (κ1) is 19.3. The van der Waals surface area contributed by atoms with Crippen LogP contribution in [0, 0.1) is 5.92 Å². The molecule has 6 nitrogen and oxygen atoms in total. The average molecular weight is 364 g/mol. The molecule has 6 heteroatoms. The fraction of sp³-hybridized carbons (Fsp3) is 0.700. The van der Waals surface area contributed by atoms with E-state index in [1.165, 1.54) is 19.3 Å². The quantitative estimate of drug-likeness (QED) is 0.738. The van der Waals surface area contributed by atoms with E-state index in [9.17, 15) is 0 Å². The molecule has 1 aromatic rings. The second-order valence-electron chi connectivity index (χ2n) is 6.98. The number of hydrogen-bond donors (Lipinski definition) is 2. The summed E-state index contributed by atoms with van der Waals surface area (Å²) in [6.45, 7) is 5.93. The summed E-state index contributed by atoms with van der Waals surface area (Å²) in [6, 6.07) is 5.05. The highest BCUT2D eigenvalue weighted by molar-refractivity contribution is 5.53. The third-order valence-corrected chi connectivity index (χ3v) is 5.41. The zero-order chi connectivity index (χ0) is 18.4. The van der Waals surface area contributed by atoms with E-state index in [0.29, 0.717) is 41.9 Å². The van der Waals surface area contributed by atoms with E-state index < -0.39 is 0 Å². The topological polar surface area (TPSA) is 61.0 Å². The third-order valence-electron chi connectivity index (χ3n) is 5.41. The van der Waals surface area contributed by atoms with Gasteiger partial charge < -0.3 is 29.6 Å². The van der Waals surface area contributed by atoms with Crippen molar-refractivity contribution in [2.45, 2.75) is 44.8 Å². The summed E-state index contributed by atoms with van der Waals surface area (Å²) in [5, 5.41) is 7.38. The van der Waals surface area contributed by atoms with E-state index in [4.69, 9.17) is 18.9 Å². The molecule has 1 heterocycles. The van der Waals surface area contributed by atoms with Crippen LogP contribution in [0.2, 0.25) is 0 Å². The Labute approximate surface area is 156 Å². The summed E-state index contributed by atoms with van der Waals surface area (Å²) in [4.78, 5) is 0. The predicted octanol–water partition coefficient (Wildman–Crippen LogP) is 2.35. The van der Waals surface area contributed by atoms with Crippen LogP contribution in [0.25, 0.3) is 0 Å².